The summed E-state index contributed by atoms with van der Waals surface area (Å²) in [6.07, 6.45) is 5.26. The molecule has 106 valence electrons. The molecule has 0 spiro atoms. The minimum absolute atomic E-state index is 0.0977. The third kappa shape index (κ3) is 3.45. The van der Waals surface area contributed by atoms with E-state index in [0.29, 0.717) is 11.0 Å². The Balaban J connectivity index is 2.09. The number of benzene rings is 1. The fourth-order valence-electron chi connectivity index (χ4n) is 2.68. The number of aliphatic hydroxyl groups is 1. The summed E-state index contributed by atoms with van der Waals surface area (Å²) >= 11 is 3.16. The topological polar surface area (TPSA) is 32.3 Å². The first kappa shape index (κ1) is 14.7. The minimum Gasteiger partial charge on any atom is -0.396 e. The smallest absolute Gasteiger partial charge is 0.150 e. The van der Waals surface area contributed by atoms with Gasteiger partial charge in [-0.3, -0.25) is 0 Å². The Bertz CT molecular complexity index is 424. The van der Waals surface area contributed by atoms with Crippen molar-refractivity contribution in [2.75, 3.05) is 18.5 Å². The number of hydrogen-bond acceptors (Lipinski definition) is 2. The minimum atomic E-state index is -0.615. The summed E-state index contributed by atoms with van der Waals surface area (Å²) in [4.78, 5) is 0. The molecular formula is C14H18BrF2NO. The average Bonchev–Trinajstić information content (AvgIpc) is 2.38. The van der Waals surface area contributed by atoms with Crippen LogP contribution in [0.4, 0.5) is 14.5 Å². The van der Waals surface area contributed by atoms with Gasteiger partial charge in [0, 0.05) is 22.5 Å². The van der Waals surface area contributed by atoms with Gasteiger partial charge in [-0.1, -0.05) is 19.3 Å². The highest BCUT2D eigenvalue weighted by molar-refractivity contribution is 9.10. The number of rotatable bonds is 4. The zero-order valence-electron chi connectivity index (χ0n) is 10.7. The van der Waals surface area contributed by atoms with Crippen LogP contribution in [0.2, 0.25) is 0 Å². The van der Waals surface area contributed by atoms with Crippen molar-refractivity contribution < 1.29 is 13.9 Å². The first-order valence-electron chi connectivity index (χ1n) is 6.56. The molecule has 0 amide bonds. The van der Waals surface area contributed by atoms with Crippen LogP contribution in [0.5, 0.6) is 0 Å². The molecule has 0 atom stereocenters. The lowest BCUT2D eigenvalue weighted by Gasteiger charge is -2.36. The standard InChI is InChI=1S/C14H18BrF2NO/c15-11-6-10(16)7-12(17)13(11)18-8-14(9-19)4-2-1-3-5-14/h6-7,18-19H,1-5,8-9H2. The highest BCUT2D eigenvalue weighted by Gasteiger charge is 2.31. The fraction of sp³-hybridized carbons (Fsp3) is 0.571. The Hall–Kier alpha value is -0.680. The maximum atomic E-state index is 13.7. The maximum absolute atomic E-state index is 13.7. The van der Waals surface area contributed by atoms with E-state index >= 15 is 0 Å². The normalized spacial score (nSPS) is 18.3. The number of nitrogens with one attached hydrogen (secondary N) is 1. The molecule has 1 fully saturated rings. The summed E-state index contributed by atoms with van der Waals surface area (Å²) in [5.41, 5.74) is 0.0817. The van der Waals surface area contributed by atoms with Crippen LogP contribution in [0.3, 0.4) is 0 Å². The SMILES string of the molecule is OCC1(CNc2c(F)cc(F)cc2Br)CCCCC1. The molecule has 1 aromatic carbocycles. The molecule has 1 saturated carbocycles. The average molecular weight is 334 g/mol. The van der Waals surface area contributed by atoms with Crippen molar-refractivity contribution in [1.82, 2.24) is 0 Å². The number of anilines is 1. The lowest BCUT2D eigenvalue weighted by molar-refractivity contribution is 0.0943. The van der Waals surface area contributed by atoms with E-state index < -0.39 is 11.6 Å². The van der Waals surface area contributed by atoms with Gasteiger partial charge >= 0.3 is 0 Å². The van der Waals surface area contributed by atoms with Crippen molar-refractivity contribution in [3.63, 3.8) is 0 Å². The van der Waals surface area contributed by atoms with Crippen molar-refractivity contribution in [2.45, 2.75) is 32.1 Å². The lowest BCUT2D eigenvalue weighted by Crippen LogP contribution is -2.35. The molecule has 1 aromatic rings. The summed E-state index contributed by atoms with van der Waals surface area (Å²) in [7, 11) is 0. The van der Waals surface area contributed by atoms with Gasteiger partial charge in [0.05, 0.1) is 12.3 Å². The molecule has 0 aromatic heterocycles. The van der Waals surface area contributed by atoms with Gasteiger partial charge in [0.1, 0.15) is 11.6 Å². The predicted molar refractivity (Wildman–Crippen MR) is 75.2 cm³/mol. The largest absolute Gasteiger partial charge is 0.396 e. The number of aliphatic hydroxyl groups excluding tert-OH is 1. The van der Waals surface area contributed by atoms with E-state index in [0.717, 1.165) is 31.7 Å². The highest BCUT2D eigenvalue weighted by Crippen LogP contribution is 2.37. The second-order valence-electron chi connectivity index (χ2n) is 5.32. The lowest BCUT2D eigenvalue weighted by atomic mass is 9.74. The summed E-state index contributed by atoms with van der Waals surface area (Å²) in [6, 6.07) is 2.09. The highest BCUT2D eigenvalue weighted by atomic mass is 79.9. The van der Waals surface area contributed by atoms with E-state index in [1.807, 2.05) is 0 Å². The zero-order valence-corrected chi connectivity index (χ0v) is 12.3. The first-order chi connectivity index (χ1) is 9.06. The van der Waals surface area contributed by atoms with Crippen molar-refractivity contribution >= 4 is 21.6 Å². The number of hydrogen-bond donors (Lipinski definition) is 2. The monoisotopic (exact) mass is 333 g/mol. The van der Waals surface area contributed by atoms with Gasteiger partial charge in [-0.05, 0) is 34.8 Å². The van der Waals surface area contributed by atoms with Gasteiger partial charge in [-0.15, -0.1) is 0 Å². The van der Waals surface area contributed by atoms with E-state index in [1.165, 1.54) is 12.5 Å². The van der Waals surface area contributed by atoms with E-state index in [2.05, 4.69) is 21.2 Å². The van der Waals surface area contributed by atoms with Crippen molar-refractivity contribution in [3.05, 3.63) is 28.2 Å². The molecule has 0 saturated heterocycles. The molecule has 5 heteroatoms. The van der Waals surface area contributed by atoms with Gasteiger partial charge in [0.2, 0.25) is 0 Å². The summed E-state index contributed by atoms with van der Waals surface area (Å²) in [5.74, 6) is -1.22. The van der Waals surface area contributed by atoms with Gasteiger partial charge in [0.25, 0.3) is 0 Å². The summed E-state index contributed by atoms with van der Waals surface area (Å²) in [6.45, 7) is 0.602. The third-order valence-corrected chi connectivity index (χ3v) is 4.52. The molecule has 19 heavy (non-hydrogen) atoms. The third-order valence-electron chi connectivity index (χ3n) is 3.90. The van der Waals surface area contributed by atoms with Crippen LogP contribution in [-0.2, 0) is 0 Å². The molecule has 0 radical (unpaired) electrons. The van der Waals surface area contributed by atoms with E-state index in [9.17, 15) is 13.9 Å². The summed E-state index contributed by atoms with van der Waals surface area (Å²) < 4.78 is 27.1. The molecule has 2 rings (SSSR count). The van der Waals surface area contributed by atoms with Crippen LogP contribution in [0.25, 0.3) is 0 Å². The van der Waals surface area contributed by atoms with E-state index in [4.69, 9.17) is 0 Å². The zero-order chi connectivity index (χ0) is 13.9. The van der Waals surface area contributed by atoms with Gasteiger partial charge in [-0.2, -0.15) is 0 Å². The van der Waals surface area contributed by atoms with Gasteiger partial charge < -0.3 is 10.4 Å². The second kappa shape index (κ2) is 6.18. The molecule has 0 unspecified atom stereocenters. The van der Waals surface area contributed by atoms with E-state index in [-0.39, 0.29) is 17.7 Å². The second-order valence-corrected chi connectivity index (χ2v) is 6.17. The molecule has 2 N–H and O–H groups in total. The van der Waals surface area contributed by atoms with Gasteiger partial charge in [0.15, 0.2) is 0 Å². The first-order valence-corrected chi connectivity index (χ1v) is 7.35. The van der Waals surface area contributed by atoms with Crippen LogP contribution in [0.15, 0.2) is 16.6 Å². The molecule has 1 aliphatic carbocycles. The molecule has 0 bridgehead atoms. The van der Waals surface area contributed by atoms with Crippen LogP contribution in [-0.4, -0.2) is 18.3 Å². The van der Waals surface area contributed by atoms with Crippen molar-refractivity contribution in [3.8, 4) is 0 Å². The quantitative estimate of drug-likeness (QED) is 0.870. The van der Waals surface area contributed by atoms with Crippen LogP contribution in [0, 0.1) is 17.0 Å². The Morgan fingerprint density at radius 1 is 1.21 bits per heavy atom. The van der Waals surface area contributed by atoms with E-state index in [1.54, 1.807) is 0 Å². The molecule has 2 nitrogen and oxygen atoms in total. The number of halogens is 3. The Morgan fingerprint density at radius 3 is 2.47 bits per heavy atom. The predicted octanol–water partition coefficient (Wildman–Crippen LogP) is 4.08. The van der Waals surface area contributed by atoms with Crippen LogP contribution < -0.4 is 5.32 Å². The summed E-state index contributed by atoms with van der Waals surface area (Å²) in [5, 5.41) is 12.6. The van der Waals surface area contributed by atoms with Crippen LogP contribution >= 0.6 is 15.9 Å². The molecule has 0 aliphatic heterocycles. The molecule has 0 heterocycles. The molecular weight excluding hydrogens is 316 g/mol. The fourth-order valence-corrected chi connectivity index (χ4v) is 3.23. The Labute approximate surface area is 120 Å². The van der Waals surface area contributed by atoms with Gasteiger partial charge in [-0.25, -0.2) is 8.78 Å². The Kier molecular flexibility index (Phi) is 4.79. The van der Waals surface area contributed by atoms with Crippen molar-refractivity contribution in [2.24, 2.45) is 5.41 Å². The molecule has 1 aliphatic rings. The maximum Gasteiger partial charge on any atom is 0.150 e. The van der Waals surface area contributed by atoms with Crippen molar-refractivity contribution in [1.29, 1.82) is 0 Å². The Morgan fingerprint density at radius 2 is 1.89 bits per heavy atom. The van der Waals surface area contributed by atoms with Crippen LogP contribution in [0.1, 0.15) is 32.1 Å².